The van der Waals surface area contributed by atoms with Gasteiger partial charge in [-0.2, -0.15) is 10.2 Å². The summed E-state index contributed by atoms with van der Waals surface area (Å²) in [6.45, 7) is -0.313. The van der Waals surface area contributed by atoms with Crippen LogP contribution < -0.4 is 4.90 Å². The number of hydrogen-bond donors (Lipinski definition) is 0. The summed E-state index contributed by atoms with van der Waals surface area (Å²) in [6, 6.07) is 21.7. The molecule has 0 bridgehead atoms. The summed E-state index contributed by atoms with van der Waals surface area (Å²) in [5, 5.41) is 26.2. The van der Waals surface area contributed by atoms with Crippen molar-refractivity contribution in [2.75, 3.05) is 11.4 Å². The third kappa shape index (κ3) is 4.21. The van der Waals surface area contributed by atoms with Gasteiger partial charge in [-0.1, -0.05) is 65.9 Å². The second kappa shape index (κ2) is 9.56. The summed E-state index contributed by atoms with van der Waals surface area (Å²) < 4.78 is 0. The van der Waals surface area contributed by atoms with Gasteiger partial charge in [-0.3, -0.25) is 29.5 Å². The van der Waals surface area contributed by atoms with Crippen molar-refractivity contribution >= 4 is 34.8 Å². The standard InChI is InChI=1S/C27H21N7O5/c35-23(33-22(18-9-5-2-6-10-18)15-21(29-33)17-7-3-1-4-8-17)16-31-25-24(28-30-31)26(36)32(27(25)37)19-11-13-20(14-12-19)34(38)39/h1-14,22,24-25H,15-16H2/t22-,24-,25-/m1/s1. The Labute approximate surface area is 222 Å². The molecule has 0 aliphatic carbocycles. The van der Waals surface area contributed by atoms with Crippen molar-refractivity contribution < 1.29 is 19.3 Å². The molecule has 0 spiro atoms. The number of carbonyl (C=O) groups excluding carboxylic acids is 3. The topological polar surface area (TPSA) is 141 Å². The van der Waals surface area contributed by atoms with Crippen molar-refractivity contribution in [1.29, 1.82) is 0 Å². The van der Waals surface area contributed by atoms with E-state index in [0.717, 1.165) is 21.7 Å². The third-order valence-corrected chi connectivity index (χ3v) is 6.93. The SMILES string of the molecule is O=C1[C@@H]2N=NN(CC(=O)N3N=C(c4ccccc4)C[C@@H]3c3ccccc3)[C@H]2C(=O)N1c1ccc([N+](=O)[O-])cc1. The van der Waals surface area contributed by atoms with Crippen LogP contribution in [0.1, 0.15) is 23.6 Å². The summed E-state index contributed by atoms with van der Waals surface area (Å²) in [6.07, 6.45) is 0.513. The number of imide groups is 1. The van der Waals surface area contributed by atoms with E-state index in [1.54, 1.807) is 0 Å². The number of nitro benzene ring substituents is 1. The van der Waals surface area contributed by atoms with Gasteiger partial charge < -0.3 is 0 Å². The molecular weight excluding hydrogens is 502 g/mol. The highest BCUT2D eigenvalue weighted by atomic mass is 16.6. The number of hydrogen-bond acceptors (Lipinski definition) is 9. The first kappa shape index (κ1) is 24.1. The number of carbonyl (C=O) groups is 3. The van der Waals surface area contributed by atoms with E-state index in [1.807, 2.05) is 60.7 Å². The Morgan fingerprint density at radius 1 is 0.923 bits per heavy atom. The highest BCUT2D eigenvalue weighted by Gasteiger charge is 2.55. The molecule has 3 amide bonds. The van der Waals surface area contributed by atoms with Crippen LogP contribution in [0.2, 0.25) is 0 Å². The van der Waals surface area contributed by atoms with Gasteiger partial charge >= 0.3 is 0 Å². The average Bonchev–Trinajstić information content (AvgIpc) is 3.65. The molecule has 0 saturated carbocycles. The van der Waals surface area contributed by atoms with Gasteiger partial charge in [0.05, 0.1) is 22.4 Å². The lowest BCUT2D eigenvalue weighted by molar-refractivity contribution is -0.384. The van der Waals surface area contributed by atoms with Crippen LogP contribution in [0.5, 0.6) is 0 Å². The lowest BCUT2D eigenvalue weighted by Gasteiger charge is -2.25. The fourth-order valence-corrected chi connectivity index (χ4v) is 5.02. The largest absolute Gasteiger partial charge is 0.271 e. The minimum atomic E-state index is -1.10. The Kier molecular flexibility index (Phi) is 5.91. The summed E-state index contributed by atoms with van der Waals surface area (Å²) in [4.78, 5) is 51.3. The van der Waals surface area contributed by atoms with Crippen LogP contribution in [0.4, 0.5) is 11.4 Å². The summed E-state index contributed by atoms with van der Waals surface area (Å²) in [5.41, 5.74) is 2.60. The first-order valence-electron chi connectivity index (χ1n) is 12.2. The van der Waals surface area contributed by atoms with Gasteiger partial charge in [0.25, 0.3) is 23.4 Å². The van der Waals surface area contributed by atoms with Gasteiger partial charge in [0.15, 0.2) is 12.1 Å². The molecule has 1 fully saturated rings. The molecule has 39 heavy (non-hydrogen) atoms. The van der Waals surface area contributed by atoms with E-state index in [0.29, 0.717) is 6.42 Å². The molecule has 6 rings (SSSR count). The van der Waals surface area contributed by atoms with Crippen molar-refractivity contribution in [2.24, 2.45) is 15.4 Å². The minimum Gasteiger partial charge on any atom is -0.271 e. The zero-order valence-corrected chi connectivity index (χ0v) is 20.4. The highest BCUT2D eigenvalue weighted by Crippen LogP contribution is 2.35. The van der Waals surface area contributed by atoms with Gasteiger partial charge in [0.1, 0.15) is 6.54 Å². The molecule has 12 nitrogen and oxygen atoms in total. The fourth-order valence-electron chi connectivity index (χ4n) is 5.02. The maximum atomic E-state index is 13.6. The molecule has 194 valence electrons. The normalized spacial score (nSPS) is 21.9. The number of hydrazone groups is 1. The number of rotatable bonds is 6. The Balaban J connectivity index is 1.24. The second-order valence-electron chi connectivity index (χ2n) is 9.26. The Morgan fingerprint density at radius 2 is 1.59 bits per heavy atom. The lowest BCUT2D eigenvalue weighted by atomic mass is 9.98. The number of amides is 3. The van der Waals surface area contributed by atoms with Crippen molar-refractivity contribution in [3.63, 3.8) is 0 Å². The summed E-state index contributed by atoms with van der Waals surface area (Å²) in [5.74, 6) is -1.61. The zero-order chi connectivity index (χ0) is 27.1. The molecule has 0 N–H and O–H groups in total. The minimum absolute atomic E-state index is 0.168. The number of nitro groups is 1. The van der Waals surface area contributed by atoms with Crippen LogP contribution in [-0.4, -0.2) is 57.0 Å². The first-order valence-corrected chi connectivity index (χ1v) is 12.2. The lowest BCUT2D eigenvalue weighted by Crippen LogP contribution is -2.44. The van der Waals surface area contributed by atoms with Gasteiger partial charge in [-0.15, -0.1) is 0 Å². The van der Waals surface area contributed by atoms with Crippen LogP contribution in [0.25, 0.3) is 0 Å². The molecule has 0 unspecified atom stereocenters. The highest BCUT2D eigenvalue weighted by molar-refractivity contribution is 6.25. The molecule has 3 aliphatic heterocycles. The maximum absolute atomic E-state index is 13.6. The van der Waals surface area contributed by atoms with E-state index >= 15 is 0 Å². The molecule has 3 aromatic carbocycles. The monoisotopic (exact) mass is 523 g/mol. The molecule has 1 saturated heterocycles. The number of nitrogens with zero attached hydrogens (tertiary/aromatic N) is 7. The Hall–Kier alpha value is -5.26. The molecule has 12 heteroatoms. The van der Waals surface area contributed by atoms with E-state index in [2.05, 4.69) is 15.4 Å². The van der Waals surface area contributed by atoms with Gasteiger partial charge in [0.2, 0.25) is 0 Å². The van der Waals surface area contributed by atoms with Crippen molar-refractivity contribution in [3.05, 3.63) is 106 Å². The Bertz CT molecular complexity index is 1530. The van der Waals surface area contributed by atoms with Crippen molar-refractivity contribution in [2.45, 2.75) is 24.5 Å². The van der Waals surface area contributed by atoms with Crippen LogP contribution in [0.15, 0.2) is 100 Å². The quantitative estimate of drug-likeness (QED) is 0.276. The third-order valence-electron chi connectivity index (χ3n) is 6.93. The maximum Gasteiger partial charge on any atom is 0.269 e. The second-order valence-corrected chi connectivity index (χ2v) is 9.26. The first-order chi connectivity index (χ1) is 18.9. The van der Waals surface area contributed by atoms with Crippen molar-refractivity contribution in [3.8, 4) is 0 Å². The van der Waals surface area contributed by atoms with Crippen LogP contribution in [0, 0.1) is 10.1 Å². The number of benzene rings is 3. The predicted octanol–water partition coefficient (Wildman–Crippen LogP) is 3.27. The fraction of sp³-hybridized carbons (Fsp3) is 0.185. The van der Waals surface area contributed by atoms with Gasteiger partial charge in [-0.05, 0) is 23.3 Å². The molecule has 0 radical (unpaired) electrons. The molecule has 3 heterocycles. The van der Waals surface area contributed by atoms with E-state index in [9.17, 15) is 24.5 Å². The zero-order valence-electron chi connectivity index (χ0n) is 20.4. The molecule has 3 atom stereocenters. The molecular formula is C27H21N7O5. The van der Waals surface area contributed by atoms with Gasteiger partial charge in [0, 0.05) is 18.6 Å². The van der Waals surface area contributed by atoms with Gasteiger partial charge in [-0.25, -0.2) is 9.91 Å². The molecule has 3 aliphatic rings. The van der Waals surface area contributed by atoms with E-state index in [4.69, 9.17) is 0 Å². The molecule has 3 aromatic rings. The molecule has 0 aromatic heterocycles. The smallest absolute Gasteiger partial charge is 0.269 e. The Morgan fingerprint density at radius 3 is 2.26 bits per heavy atom. The van der Waals surface area contributed by atoms with Crippen molar-refractivity contribution in [1.82, 2.24) is 10.0 Å². The van der Waals surface area contributed by atoms with E-state index < -0.39 is 34.7 Å². The number of anilines is 1. The van der Waals surface area contributed by atoms with Crippen LogP contribution >= 0.6 is 0 Å². The van der Waals surface area contributed by atoms with Crippen LogP contribution in [0.3, 0.4) is 0 Å². The number of non-ortho nitro benzene ring substituents is 1. The predicted molar refractivity (Wildman–Crippen MR) is 138 cm³/mol. The van der Waals surface area contributed by atoms with Crippen LogP contribution in [-0.2, 0) is 14.4 Å². The summed E-state index contributed by atoms with van der Waals surface area (Å²) in [7, 11) is 0. The average molecular weight is 524 g/mol. The number of fused-ring (bicyclic) bond motifs is 1. The summed E-state index contributed by atoms with van der Waals surface area (Å²) >= 11 is 0. The van der Waals surface area contributed by atoms with E-state index in [-0.39, 0.29) is 24.0 Å². The van der Waals surface area contributed by atoms with E-state index in [1.165, 1.54) is 34.3 Å².